The average Bonchev–Trinajstić information content (AvgIpc) is 2.11. The number of phosphoric ester groups is 2. The van der Waals surface area contributed by atoms with Crippen molar-refractivity contribution in [2.24, 2.45) is 11.8 Å². The van der Waals surface area contributed by atoms with Crippen molar-refractivity contribution < 1.29 is 80.2 Å². The lowest BCUT2D eigenvalue weighted by Crippen LogP contribution is -2.30. The smallest absolute Gasteiger partial charge is 0.462 e. The fourth-order valence-electron chi connectivity index (χ4n) is 11.1. The molecule has 3 N–H and O–H groups in total. The van der Waals surface area contributed by atoms with Crippen LogP contribution in [-0.4, -0.2) is 96.7 Å². The van der Waals surface area contributed by atoms with Crippen molar-refractivity contribution in [3.05, 3.63) is 0 Å². The Bertz CT molecular complexity index is 1790. The highest BCUT2D eigenvalue weighted by Crippen LogP contribution is 2.45. The maximum absolute atomic E-state index is 13.1. The Kier molecular flexibility index (Phi) is 63.7. The number of hydrogen-bond donors (Lipinski definition) is 3. The van der Waals surface area contributed by atoms with Gasteiger partial charge in [-0.3, -0.25) is 37.3 Å². The molecule has 0 fully saturated rings. The summed E-state index contributed by atoms with van der Waals surface area (Å²) in [4.78, 5) is 72.7. The van der Waals surface area contributed by atoms with Crippen molar-refractivity contribution in [3.63, 3.8) is 0 Å². The molecule has 17 nitrogen and oxygen atoms in total. The molecule has 0 radical (unpaired) electrons. The number of unbranched alkanes of at least 4 members (excludes halogenated alkanes) is 41. The SMILES string of the molecule is CCCCCCCCCCCCCCCC(=O)O[C@H](COC(=O)CCCCCCCCCCC)COP(=O)(O)OC[C@H](O)COP(=O)(O)OC[C@@H](COC(=O)CCCCCCCCCCCCC(C)CC)OC(=O)CCCCCCCCCCCCCCCC(C)C. The van der Waals surface area contributed by atoms with Crippen LogP contribution in [0.3, 0.4) is 0 Å². The first-order valence-corrected chi connectivity index (χ1v) is 41.0. The lowest BCUT2D eigenvalue weighted by atomic mass is 9.99. The van der Waals surface area contributed by atoms with Crippen molar-refractivity contribution >= 4 is 39.5 Å². The van der Waals surface area contributed by atoms with Crippen molar-refractivity contribution in [2.75, 3.05) is 39.6 Å². The molecule has 0 aromatic rings. The van der Waals surface area contributed by atoms with E-state index in [1.807, 2.05) is 0 Å². The fourth-order valence-corrected chi connectivity index (χ4v) is 12.7. The molecule has 546 valence electrons. The van der Waals surface area contributed by atoms with Crippen molar-refractivity contribution in [2.45, 2.75) is 394 Å². The van der Waals surface area contributed by atoms with E-state index in [2.05, 4.69) is 41.5 Å². The largest absolute Gasteiger partial charge is 0.472 e. The molecule has 0 heterocycles. The predicted molar refractivity (Wildman–Crippen MR) is 372 cm³/mol. The summed E-state index contributed by atoms with van der Waals surface area (Å²) in [7, 11) is -9.90. The first-order chi connectivity index (χ1) is 44.4. The first kappa shape index (κ1) is 90.1. The van der Waals surface area contributed by atoms with Gasteiger partial charge < -0.3 is 33.8 Å². The van der Waals surface area contributed by atoms with Crippen LogP contribution in [0, 0.1) is 11.8 Å². The molecule has 0 aromatic carbocycles. The number of hydrogen-bond acceptors (Lipinski definition) is 15. The van der Waals surface area contributed by atoms with Crippen LogP contribution in [-0.2, 0) is 65.4 Å². The van der Waals surface area contributed by atoms with Crippen LogP contribution in [0.1, 0.15) is 375 Å². The third-order valence-corrected chi connectivity index (χ3v) is 19.2. The number of rotatable bonds is 72. The van der Waals surface area contributed by atoms with Crippen molar-refractivity contribution in [3.8, 4) is 0 Å². The van der Waals surface area contributed by atoms with Gasteiger partial charge in [0, 0.05) is 25.7 Å². The summed E-state index contributed by atoms with van der Waals surface area (Å²) in [6.07, 6.45) is 51.1. The molecule has 6 atom stereocenters. The molecule has 19 heteroatoms. The topological polar surface area (TPSA) is 237 Å². The second kappa shape index (κ2) is 65.0. The van der Waals surface area contributed by atoms with E-state index in [4.69, 9.17) is 37.0 Å². The number of esters is 4. The van der Waals surface area contributed by atoms with Gasteiger partial charge in [-0.1, -0.05) is 324 Å². The van der Waals surface area contributed by atoms with Gasteiger partial charge in [-0.05, 0) is 37.5 Å². The maximum Gasteiger partial charge on any atom is 0.472 e. The summed E-state index contributed by atoms with van der Waals surface area (Å²) in [5, 5.41) is 10.6. The zero-order valence-corrected chi connectivity index (χ0v) is 61.6. The molecule has 0 aromatic heterocycles. The minimum Gasteiger partial charge on any atom is -0.462 e. The van der Waals surface area contributed by atoms with Crippen LogP contribution >= 0.6 is 15.6 Å². The maximum atomic E-state index is 13.1. The van der Waals surface area contributed by atoms with Crippen molar-refractivity contribution in [1.82, 2.24) is 0 Å². The van der Waals surface area contributed by atoms with E-state index in [-0.39, 0.29) is 25.7 Å². The fraction of sp³-hybridized carbons (Fsp3) is 0.945. The summed E-state index contributed by atoms with van der Waals surface area (Å²) < 4.78 is 68.4. The summed E-state index contributed by atoms with van der Waals surface area (Å²) >= 11 is 0. The van der Waals surface area contributed by atoms with Crippen LogP contribution in [0.15, 0.2) is 0 Å². The molecule has 0 spiro atoms. The third-order valence-electron chi connectivity index (χ3n) is 17.3. The monoisotopic (exact) mass is 1350 g/mol. The van der Waals surface area contributed by atoms with Gasteiger partial charge in [-0.25, -0.2) is 9.13 Å². The molecule has 0 aliphatic carbocycles. The van der Waals surface area contributed by atoms with Crippen molar-refractivity contribution in [1.29, 1.82) is 0 Å². The van der Waals surface area contributed by atoms with E-state index >= 15 is 0 Å². The minimum atomic E-state index is -4.95. The molecule has 0 bridgehead atoms. The Morgan fingerprint density at radius 1 is 0.315 bits per heavy atom. The number of carbonyl (C=O) groups is 4. The number of ether oxygens (including phenoxy) is 4. The van der Waals surface area contributed by atoms with Gasteiger partial charge in [-0.2, -0.15) is 0 Å². The molecular weight excluding hydrogens is 1210 g/mol. The van der Waals surface area contributed by atoms with E-state index < -0.39 is 97.5 Å². The molecule has 0 aliphatic rings. The average molecular weight is 1350 g/mol. The highest BCUT2D eigenvalue weighted by atomic mass is 31.2. The normalized spacial score (nSPS) is 14.4. The Morgan fingerprint density at radius 2 is 0.554 bits per heavy atom. The lowest BCUT2D eigenvalue weighted by Gasteiger charge is -2.21. The molecule has 0 saturated heterocycles. The lowest BCUT2D eigenvalue weighted by molar-refractivity contribution is -0.161. The zero-order chi connectivity index (χ0) is 67.9. The standard InChI is InChI=1S/C73H142O17P2/c1-7-10-12-14-16-18-19-21-25-33-39-45-51-57-72(77)89-68(61-83-70(75)55-49-43-37-29-17-15-13-11-8-2)63-87-91(79,80)85-59-67(74)60-86-92(81,82)88-64-69(62-84-71(76)56-50-44-38-32-28-27-31-36-42-48-54-66(6)9-3)90-73(78)58-52-46-40-34-26-23-20-22-24-30-35-41-47-53-65(4)5/h65-69,74H,7-64H2,1-6H3,(H,79,80)(H,81,82)/t66?,67-,68+,69+/m0/s1. The van der Waals surface area contributed by atoms with Gasteiger partial charge in [0.15, 0.2) is 12.2 Å². The summed E-state index contributed by atoms with van der Waals surface area (Å²) in [5.74, 6) is -0.523. The summed E-state index contributed by atoms with van der Waals surface area (Å²) in [6.45, 7) is 9.61. The van der Waals surface area contributed by atoms with E-state index in [9.17, 15) is 43.2 Å². The first-order valence-electron chi connectivity index (χ1n) is 38.0. The quantitative estimate of drug-likeness (QED) is 0.0222. The molecular formula is C73H142O17P2. The summed E-state index contributed by atoms with van der Waals surface area (Å²) in [6, 6.07) is 0. The number of phosphoric acid groups is 2. The van der Waals surface area contributed by atoms with Crippen LogP contribution < -0.4 is 0 Å². The Hall–Kier alpha value is -1.94. The van der Waals surface area contributed by atoms with E-state index in [0.717, 1.165) is 102 Å². The van der Waals surface area contributed by atoms with Gasteiger partial charge in [-0.15, -0.1) is 0 Å². The highest BCUT2D eigenvalue weighted by Gasteiger charge is 2.30. The molecule has 0 amide bonds. The van der Waals surface area contributed by atoms with Gasteiger partial charge in [0.05, 0.1) is 26.4 Å². The number of aliphatic hydroxyl groups is 1. The second-order valence-corrected chi connectivity index (χ2v) is 30.0. The van der Waals surface area contributed by atoms with E-state index in [1.54, 1.807) is 0 Å². The molecule has 0 saturated carbocycles. The van der Waals surface area contributed by atoms with Gasteiger partial charge in [0.1, 0.15) is 19.3 Å². The zero-order valence-electron chi connectivity index (χ0n) is 59.9. The van der Waals surface area contributed by atoms with Crippen LogP contribution in [0.2, 0.25) is 0 Å². The molecule has 3 unspecified atom stereocenters. The Morgan fingerprint density at radius 3 is 0.826 bits per heavy atom. The van der Waals surface area contributed by atoms with E-state index in [0.29, 0.717) is 25.7 Å². The van der Waals surface area contributed by atoms with Crippen LogP contribution in [0.25, 0.3) is 0 Å². The Labute approximate surface area is 562 Å². The minimum absolute atomic E-state index is 0.107. The van der Waals surface area contributed by atoms with Gasteiger partial charge in [0.25, 0.3) is 0 Å². The molecule has 92 heavy (non-hydrogen) atoms. The highest BCUT2D eigenvalue weighted by molar-refractivity contribution is 7.47. The van der Waals surface area contributed by atoms with Crippen LogP contribution in [0.4, 0.5) is 0 Å². The third kappa shape index (κ3) is 65.4. The number of carbonyl (C=O) groups excluding carboxylic acids is 4. The second-order valence-electron chi connectivity index (χ2n) is 27.1. The van der Waals surface area contributed by atoms with Crippen LogP contribution in [0.5, 0.6) is 0 Å². The summed E-state index contributed by atoms with van der Waals surface area (Å²) in [5.41, 5.74) is 0. The molecule has 0 aliphatic heterocycles. The van der Waals surface area contributed by atoms with Gasteiger partial charge >= 0.3 is 39.5 Å². The Balaban J connectivity index is 5.24. The number of aliphatic hydroxyl groups excluding tert-OH is 1. The van der Waals surface area contributed by atoms with E-state index in [1.165, 1.54) is 193 Å². The molecule has 0 rings (SSSR count). The predicted octanol–water partition coefficient (Wildman–Crippen LogP) is 21.2. The van der Waals surface area contributed by atoms with Gasteiger partial charge in [0.2, 0.25) is 0 Å².